The molecule has 0 aromatic heterocycles. The van der Waals surface area contributed by atoms with Gasteiger partial charge in [0, 0.05) is 25.4 Å². The van der Waals surface area contributed by atoms with E-state index >= 15 is 0 Å². The van der Waals surface area contributed by atoms with Gasteiger partial charge in [-0.3, -0.25) is 0 Å². The quantitative estimate of drug-likeness (QED) is 0.696. The van der Waals surface area contributed by atoms with E-state index in [0.717, 1.165) is 19.0 Å². The van der Waals surface area contributed by atoms with Crippen LogP contribution in [0.2, 0.25) is 0 Å². The van der Waals surface area contributed by atoms with Crippen LogP contribution < -0.4 is 5.32 Å². The number of β-amino-alcohol motifs (C(OH)–C–C–N with tert-alkyl or cyclic N) is 1. The van der Waals surface area contributed by atoms with Crippen LogP contribution in [0.25, 0.3) is 0 Å². The van der Waals surface area contributed by atoms with Crippen molar-refractivity contribution in [1.82, 2.24) is 10.2 Å². The van der Waals surface area contributed by atoms with Crippen molar-refractivity contribution in [3.63, 3.8) is 0 Å². The first-order valence-electron chi connectivity index (χ1n) is 7.08. The molecule has 0 saturated carbocycles. The Balaban J connectivity index is 2.19. The summed E-state index contributed by atoms with van der Waals surface area (Å²) in [4.78, 5) is 2.29. The van der Waals surface area contributed by atoms with E-state index in [0.29, 0.717) is 13.1 Å². The first kappa shape index (κ1) is 16.9. The van der Waals surface area contributed by atoms with Crippen LogP contribution in [-0.4, -0.2) is 68.8 Å². The molecule has 0 radical (unpaired) electrons. The van der Waals surface area contributed by atoms with Crippen LogP contribution in [0.1, 0.15) is 26.7 Å². The van der Waals surface area contributed by atoms with Crippen LogP contribution >= 0.6 is 0 Å². The fourth-order valence-electron chi connectivity index (χ4n) is 2.46. The fraction of sp³-hybridized carbons (Fsp3) is 1.00. The fourth-order valence-corrected chi connectivity index (χ4v) is 3.48. The minimum absolute atomic E-state index is 0.112. The van der Waals surface area contributed by atoms with Gasteiger partial charge in [-0.25, -0.2) is 8.42 Å². The molecular formula is C13H28N2O3S. The lowest BCUT2D eigenvalue weighted by Gasteiger charge is -2.31. The summed E-state index contributed by atoms with van der Waals surface area (Å²) in [6, 6.07) is -0.119. The molecule has 114 valence electrons. The summed E-state index contributed by atoms with van der Waals surface area (Å²) in [5.74, 6) is 0.905. The molecule has 0 bridgehead atoms. The molecule has 1 fully saturated rings. The van der Waals surface area contributed by atoms with E-state index in [-0.39, 0.29) is 11.8 Å². The van der Waals surface area contributed by atoms with Gasteiger partial charge in [0.15, 0.2) is 0 Å². The summed E-state index contributed by atoms with van der Waals surface area (Å²) >= 11 is 0. The topological polar surface area (TPSA) is 69.6 Å². The Labute approximate surface area is 117 Å². The van der Waals surface area contributed by atoms with E-state index in [2.05, 4.69) is 17.1 Å². The maximum absolute atomic E-state index is 11.1. The van der Waals surface area contributed by atoms with E-state index in [9.17, 15) is 13.5 Å². The van der Waals surface area contributed by atoms with E-state index in [4.69, 9.17) is 0 Å². The second-order valence-corrected chi connectivity index (χ2v) is 8.22. The van der Waals surface area contributed by atoms with Crippen LogP contribution in [0.4, 0.5) is 0 Å². The number of sulfone groups is 1. The Morgan fingerprint density at radius 2 is 1.95 bits per heavy atom. The number of hydrogen-bond donors (Lipinski definition) is 2. The van der Waals surface area contributed by atoms with Gasteiger partial charge in [-0.05, 0) is 38.8 Å². The molecule has 19 heavy (non-hydrogen) atoms. The van der Waals surface area contributed by atoms with Crippen molar-refractivity contribution in [3.05, 3.63) is 0 Å². The van der Waals surface area contributed by atoms with E-state index in [1.165, 1.54) is 19.1 Å². The number of nitrogens with zero attached hydrogens (tertiary/aromatic N) is 1. The third-order valence-corrected chi connectivity index (χ3v) is 4.71. The largest absolute Gasteiger partial charge is 0.390 e. The number of hydrogen-bond acceptors (Lipinski definition) is 5. The first-order chi connectivity index (χ1) is 8.76. The molecule has 1 aliphatic heterocycles. The highest BCUT2D eigenvalue weighted by Crippen LogP contribution is 2.15. The second-order valence-electron chi connectivity index (χ2n) is 6.04. The lowest BCUT2D eigenvalue weighted by molar-refractivity contribution is 0.0896. The van der Waals surface area contributed by atoms with Crippen molar-refractivity contribution in [1.29, 1.82) is 0 Å². The SMILES string of the molecule is CC1CCN(CC(O)CNC(C)CS(C)(=O)=O)CC1. The number of rotatable bonds is 7. The molecule has 0 aromatic carbocycles. The zero-order chi connectivity index (χ0) is 14.5. The molecule has 2 N–H and O–H groups in total. The molecule has 0 spiro atoms. The van der Waals surface area contributed by atoms with Crippen molar-refractivity contribution in [2.24, 2.45) is 5.92 Å². The van der Waals surface area contributed by atoms with Crippen LogP contribution in [-0.2, 0) is 9.84 Å². The Bertz CT molecular complexity index is 351. The number of aliphatic hydroxyl groups is 1. The Kier molecular flexibility index (Phi) is 6.73. The average Bonchev–Trinajstić information content (AvgIpc) is 2.27. The van der Waals surface area contributed by atoms with Crippen LogP contribution in [0, 0.1) is 5.92 Å². The zero-order valence-corrected chi connectivity index (χ0v) is 13.1. The van der Waals surface area contributed by atoms with Crippen molar-refractivity contribution >= 4 is 9.84 Å². The normalized spacial score (nSPS) is 22.3. The van der Waals surface area contributed by atoms with E-state index in [1.54, 1.807) is 0 Å². The average molecular weight is 292 g/mol. The predicted molar refractivity (Wildman–Crippen MR) is 78.0 cm³/mol. The number of nitrogens with one attached hydrogen (secondary N) is 1. The third-order valence-electron chi connectivity index (χ3n) is 3.60. The van der Waals surface area contributed by atoms with Crippen LogP contribution in [0.3, 0.4) is 0 Å². The van der Waals surface area contributed by atoms with Crippen molar-refractivity contribution in [2.45, 2.75) is 38.8 Å². The highest BCUT2D eigenvalue weighted by atomic mass is 32.2. The summed E-state index contributed by atoms with van der Waals surface area (Å²) in [5, 5.41) is 13.0. The summed E-state index contributed by atoms with van der Waals surface area (Å²) < 4.78 is 22.2. The molecule has 1 heterocycles. The summed E-state index contributed by atoms with van der Waals surface area (Å²) in [7, 11) is -2.96. The molecule has 1 saturated heterocycles. The van der Waals surface area contributed by atoms with Crippen molar-refractivity contribution in [3.8, 4) is 0 Å². The van der Waals surface area contributed by atoms with Gasteiger partial charge >= 0.3 is 0 Å². The van der Waals surface area contributed by atoms with Gasteiger partial charge in [-0.1, -0.05) is 6.92 Å². The number of piperidine rings is 1. The van der Waals surface area contributed by atoms with Gasteiger partial charge < -0.3 is 15.3 Å². The summed E-state index contributed by atoms with van der Waals surface area (Å²) in [5.41, 5.74) is 0. The van der Waals surface area contributed by atoms with E-state index < -0.39 is 15.9 Å². The molecule has 2 atom stereocenters. The minimum atomic E-state index is -2.96. The highest BCUT2D eigenvalue weighted by molar-refractivity contribution is 7.90. The minimum Gasteiger partial charge on any atom is -0.390 e. The van der Waals surface area contributed by atoms with Gasteiger partial charge in [0.1, 0.15) is 9.84 Å². The second kappa shape index (κ2) is 7.57. The standard InChI is InChI=1S/C13H28N2O3S/c1-11-4-6-15(7-5-11)9-13(16)8-14-12(2)10-19(3,17)18/h11-14,16H,4-10H2,1-3H3. The van der Waals surface area contributed by atoms with Crippen molar-refractivity contribution in [2.75, 3.05) is 38.2 Å². The van der Waals surface area contributed by atoms with Crippen molar-refractivity contribution < 1.29 is 13.5 Å². The molecule has 0 amide bonds. The van der Waals surface area contributed by atoms with Crippen LogP contribution in [0.5, 0.6) is 0 Å². The number of likely N-dealkylation sites (tertiary alicyclic amines) is 1. The number of aliphatic hydroxyl groups excluding tert-OH is 1. The van der Waals surface area contributed by atoms with Crippen LogP contribution in [0.15, 0.2) is 0 Å². The van der Waals surface area contributed by atoms with E-state index in [1.807, 2.05) is 6.92 Å². The highest BCUT2D eigenvalue weighted by Gasteiger charge is 2.19. The molecule has 2 unspecified atom stereocenters. The molecule has 1 aliphatic rings. The van der Waals surface area contributed by atoms with Gasteiger partial charge in [-0.2, -0.15) is 0 Å². The Morgan fingerprint density at radius 1 is 1.37 bits per heavy atom. The monoisotopic (exact) mass is 292 g/mol. The summed E-state index contributed by atoms with van der Waals surface area (Å²) in [6.45, 7) is 7.32. The molecule has 1 rings (SSSR count). The molecular weight excluding hydrogens is 264 g/mol. The predicted octanol–water partition coefficient (Wildman–Crippen LogP) is 0.102. The summed E-state index contributed by atoms with van der Waals surface area (Å²) in [6.07, 6.45) is 3.20. The molecule has 0 aromatic rings. The molecule has 6 heteroatoms. The lowest BCUT2D eigenvalue weighted by Crippen LogP contribution is -2.44. The van der Waals surface area contributed by atoms with Gasteiger partial charge in [0.2, 0.25) is 0 Å². The lowest BCUT2D eigenvalue weighted by atomic mass is 9.99. The first-order valence-corrected chi connectivity index (χ1v) is 9.14. The molecule has 5 nitrogen and oxygen atoms in total. The Hall–Kier alpha value is -0.170. The van der Waals surface area contributed by atoms with Gasteiger partial charge in [-0.15, -0.1) is 0 Å². The maximum atomic E-state index is 11.1. The zero-order valence-electron chi connectivity index (χ0n) is 12.3. The maximum Gasteiger partial charge on any atom is 0.148 e. The smallest absolute Gasteiger partial charge is 0.148 e. The Morgan fingerprint density at radius 3 is 2.47 bits per heavy atom. The van der Waals surface area contributed by atoms with Gasteiger partial charge in [0.05, 0.1) is 11.9 Å². The van der Waals surface area contributed by atoms with Gasteiger partial charge in [0.25, 0.3) is 0 Å². The molecule has 0 aliphatic carbocycles. The third kappa shape index (κ3) is 7.87.